The van der Waals surface area contributed by atoms with Crippen LogP contribution in [0.2, 0.25) is 0 Å². The Labute approximate surface area is 262 Å². The third-order valence-electron chi connectivity index (χ3n) is 7.83. The van der Waals surface area contributed by atoms with Gasteiger partial charge in [-0.25, -0.2) is 8.78 Å². The van der Waals surface area contributed by atoms with Crippen LogP contribution in [0.25, 0.3) is 0 Å². The molecule has 1 aliphatic carbocycles. The van der Waals surface area contributed by atoms with Gasteiger partial charge < -0.3 is 20.1 Å². The average molecular weight is 666 g/mol. The van der Waals surface area contributed by atoms with E-state index in [9.17, 15) is 13.6 Å². The third kappa shape index (κ3) is 8.22. The van der Waals surface area contributed by atoms with Gasteiger partial charge in [0.25, 0.3) is 0 Å². The van der Waals surface area contributed by atoms with Crippen LogP contribution in [0.4, 0.5) is 20.2 Å². The molecule has 0 spiro atoms. The van der Waals surface area contributed by atoms with Gasteiger partial charge in [-0.3, -0.25) is 9.69 Å². The molecule has 5 rings (SSSR count). The fraction of sp³-hybridized carbons (Fsp3) is 0.375. The second-order valence-corrected chi connectivity index (χ2v) is 12.1. The van der Waals surface area contributed by atoms with Crippen molar-refractivity contribution in [1.82, 2.24) is 9.88 Å². The number of benzene rings is 2. The minimum atomic E-state index is -0.548. The number of hydrogen-bond acceptors (Lipinski definition) is 8. The Bertz CT molecular complexity index is 1600. The van der Waals surface area contributed by atoms with Gasteiger partial charge in [0.2, 0.25) is 17.7 Å². The van der Waals surface area contributed by atoms with Gasteiger partial charge in [-0.15, -0.1) is 0 Å². The zero-order chi connectivity index (χ0) is 31.1. The summed E-state index contributed by atoms with van der Waals surface area (Å²) in [6, 6.07) is 16.5. The number of hydrogen-bond donors (Lipinski definition) is 2. The Balaban J connectivity index is 1.09. The first-order valence-electron chi connectivity index (χ1n) is 14.3. The van der Waals surface area contributed by atoms with E-state index in [4.69, 9.17) is 20.0 Å². The second kappa shape index (κ2) is 14.0. The van der Waals surface area contributed by atoms with Gasteiger partial charge in [-0.05, 0) is 49.9 Å². The number of aromatic nitrogens is 1. The summed E-state index contributed by atoms with van der Waals surface area (Å²) in [5.74, 6) is -0.723. The lowest BCUT2D eigenvalue weighted by molar-refractivity contribution is -0.117. The molecule has 228 valence electrons. The molecule has 3 aromatic rings. The number of nitrogens with zero attached hydrogens (tertiary/aromatic N) is 4. The van der Waals surface area contributed by atoms with E-state index in [0.29, 0.717) is 60.5 Å². The topological polar surface area (TPSA) is 123 Å². The number of ether oxygens (including phenoxy) is 2. The van der Waals surface area contributed by atoms with Crippen molar-refractivity contribution in [3.63, 3.8) is 0 Å². The summed E-state index contributed by atoms with van der Waals surface area (Å²) in [4.78, 5) is 19.3. The molecule has 2 heterocycles. The number of carbonyl (C=O) groups excluding carboxylic acids is 1. The summed E-state index contributed by atoms with van der Waals surface area (Å²) in [5.41, 5.74) is 1.03. The summed E-state index contributed by atoms with van der Waals surface area (Å²) >= 11 is 3.32. The summed E-state index contributed by atoms with van der Waals surface area (Å²) in [6.45, 7) is 1.81. The Morgan fingerprint density at radius 1 is 1.09 bits per heavy atom. The number of rotatable bonds is 12. The van der Waals surface area contributed by atoms with Gasteiger partial charge in [0.1, 0.15) is 30.0 Å². The number of anilines is 2. The summed E-state index contributed by atoms with van der Waals surface area (Å²) < 4.78 is 41.3. The van der Waals surface area contributed by atoms with Crippen molar-refractivity contribution in [3.8, 4) is 23.9 Å². The van der Waals surface area contributed by atoms with Crippen molar-refractivity contribution in [2.24, 2.45) is 5.41 Å². The Kier molecular flexibility index (Phi) is 9.93. The fourth-order valence-corrected chi connectivity index (χ4v) is 5.48. The molecule has 2 N–H and O–H groups in total. The summed E-state index contributed by atoms with van der Waals surface area (Å²) in [7, 11) is 0. The van der Waals surface area contributed by atoms with E-state index in [1.165, 1.54) is 24.3 Å². The molecule has 0 unspecified atom stereocenters. The van der Waals surface area contributed by atoms with Crippen LogP contribution >= 0.6 is 15.9 Å². The van der Waals surface area contributed by atoms with Crippen molar-refractivity contribution in [1.29, 1.82) is 10.5 Å². The van der Waals surface area contributed by atoms with E-state index in [0.717, 1.165) is 12.8 Å². The molecule has 2 aliphatic rings. The Hall–Kier alpha value is -4.26. The first-order chi connectivity index (χ1) is 21.3. The van der Waals surface area contributed by atoms with Crippen LogP contribution in [0.1, 0.15) is 43.2 Å². The summed E-state index contributed by atoms with van der Waals surface area (Å²) in [6.07, 6.45) is 3.54. The molecule has 2 aromatic carbocycles. The second-order valence-electron chi connectivity index (χ2n) is 11.2. The molecule has 1 saturated carbocycles. The highest BCUT2D eigenvalue weighted by Gasteiger charge is 2.42. The minimum absolute atomic E-state index is 0.0435. The van der Waals surface area contributed by atoms with Gasteiger partial charge in [-0.2, -0.15) is 15.5 Å². The normalized spacial score (nSPS) is 15.9. The number of pyridine rings is 1. The zero-order valence-electron chi connectivity index (χ0n) is 23.9. The van der Waals surface area contributed by atoms with E-state index < -0.39 is 11.6 Å². The molecule has 9 nitrogen and oxygen atoms in total. The predicted molar refractivity (Wildman–Crippen MR) is 163 cm³/mol. The van der Waals surface area contributed by atoms with E-state index >= 15 is 0 Å². The molecular weight excluding hydrogens is 634 g/mol. The highest BCUT2D eigenvalue weighted by atomic mass is 79.9. The SMILES string of the molecule is N#CCC1(CNc2cc(Br)cc(F)c2NC(=O)CN2CCC(Oc3cccc(OCc4ccc(C#N)cc4F)n3)CC2)CC1. The molecule has 0 bridgehead atoms. The lowest BCUT2D eigenvalue weighted by Crippen LogP contribution is -2.42. The average Bonchev–Trinajstić information content (AvgIpc) is 3.78. The molecule has 1 aromatic heterocycles. The molecule has 1 aliphatic heterocycles. The van der Waals surface area contributed by atoms with E-state index in [1.807, 2.05) is 11.0 Å². The van der Waals surface area contributed by atoms with E-state index in [2.05, 4.69) is 37.6 Å². The fourth-order valence-electron chi connectivity index (χ4n) is 5.05. The number of nitrogens with one attached hydrogen (secondary N) is 2. The molecule has 1 amide bonds. The largest absolute Gasteiger partial charge is 0.474 e. The maximum absolute atomic E-state index is 14.9. The highest BCUT2D eigenvalue weighted by molar-refractivity contribution is 9.10. The van der Waals surface area contributed by atoms with Gasteiger partial charge in [0.05, 0.1) is 29.9 Å². The van der Waals surface area contributed by atoms with Gasteiger partial charge in [-0.1, -0.05) is 28.1 Å². The van der Waals surface area contributed by atoms with Crippen LogP contribution in [0.3, 0.4) is 0 Å². The van der Waals surface area contributed by atoms with E-state index in [1.54, 1.807) is 24.3 Å². The first-order valence-corrected chi connectivity index (χ1v) is 15.1. The number of nitriles is 2. The van der Waals surface area contributed by atoms with Crippen LogP contribution in [0, 0.1) is 39.7 Å². The monoisotopic (exact) mass is 664 g/mol. The van der Waals surface area contributed by atoms with Gasteiger partial charge >= 0.3 is 0 Å². The van der Waals surface area contributed by atoms with Crippen LogP contribution in [-0.4, -0.2) is 48.1 Å². The van der Waals surface area contributed by atoms with Crippen molar-refractivity contribution >= 4 is 33.2 Å². The molecule has 12 heteroatoms. The van der Waals surface area contributed by atoms with Gasteiger partial charge in [0, 0.05) is 53.6 Å². The number of likely N-dealkylation sites (tertiary alicyclic amines) is 1. The molecule has 0 radical (unpaired) electrons. The van der Waals surface area contributed by atoms with Crippen LogP contribution in [0.5, 0.6) is 11.8 Å². The molecule has 0 atom stereocenters. The lowest BCUT2D eigenvalue weighted by atomic mass is 10.0. The highest BCUT2D eigenvalue weighted by Crippen LogP contribution is 2.48. The maximum atomic E-state index is 14.9. The predicted octanol–water partition coefficient (Wildman–Crippen LogP) is 6.16. The van der Waals surface area contributed by atoms with E-state index in [-0.39, 0.29) is 47.7 Å². The number of carbonyl (C=O) groups is 1. The summed E-state index contributed by atoms with van der Waals surface area (Å²) in [5, 5.41) is 24.0. The molecule has 1 saturated heterocycles. The zero-order valence-corrected chi connectivity index (χ0v) is 25.5. The maximum Gasteiger partial charge on any atom is 0.238 e. The smallest absolute Gasteiger partial charge is 0.238 e. The van der Waals surface area contributed by atoms with Crippen LogP contribution < -0.4 is 20.1 Å². The van der Waals surface area contributed by atoms with Crippen LogP contribution in [0.15, 0.2) is 53.0 Å². The number of halogens is 3. The molecular formula is C32H31BrF2N6O3. The number of amides is 1. The van der Waals surface area contributed by atoms with Crippen LogP contribution in [-0.2, 0) is 11.4 Å². The number of piperidine rings is 1. The quantitative estimate of drug-likeness (QED) is 0.236. The minimum Gasteiger partial charge on any atom is -0.474 e. The molecule has 2 fully saturated rings. The molecule has 44 heavy (non-hydrogen) atoms. The Morgan fingerprint density at radius 2 is 1.86 bits per heavy atom. The lowest BCUT2D eigenvalue weighted by Gasteiger charge is -2.31. The van der Waals surface area contributed by atoms with Crippen molar-refractivity contribution in [3.05, 3.63) is 75.8 Å². The standard InChI is InChI=1S/C32H31BrF2N6O3/c33-23-15-26(35)31(27(16-23)38-20-32(8-9-32)10-11-36)39-28(42)18-41-12-6-24(7-13-41)44-30-3-1-2-29(40-30)43-19-22-5-4-21(17-37)14-25(22)34/h1-5,14-16,24,38H,6-10,12-13,18-20H2,(H,39,42). The van der Waals surface area contributed by atoms with Crippen molar-refractivity contribution in [2.45, 2.75) is 44.8 Å². The third-order valence-corrected chi connectivity index (χ3v) is 8.29. The van der Waals surface area contributed by atoms with Gasteiger partial charge in [0.15, 0.2) is 0 Å². The van der Waals surface area contributed by atoms with Crippen molar-refractivity contribution in [2.75, 3.05) is 36.8 Å². The van der Waals surface area contributed by atoms with Crippen molar-refractivity contribution < 1.29 is 23.0 Å². The first kappa shape index (κ1) is 31.2. The Morgan fingerprint density at radius 3 is 2.57 bits per heavy atom.